The van der Waals surface area contributed by atoms with Gasteiger partial charge in [0.25, 0.3) is 0 Å². The van der Waals surface area contributed by atoms with Crippen LogP contribution in [0.15, 0.2) is 23.5 Å². The second kappa shape index (κ2) is 4.50. The summed E-state index contributed by atoms with van der Waals surface area (Å²) in [6.45, 7) is 4.00. The van der Waals surface area contributed by atoms with E-state index < -0.39 is 5.60 Å². The van der Waals surface area contributed by atoms with Crippen molar-refractivity contribution in [2.24, 2.45) is 5.92 Å². The van der Waals surface area contributed by atoms with Crippen molar-refractivity contribution in [3.63, 3.8) is 0 Å². The molecule has 0 aliphatic heterocycles. The van der Waals surface area contributed by atoms with E-state index in [0.717, 1.165) is 11.3 Å². The van der Waals surface area contributed by atoms with Crippen LogP contribution in [0.3, 0.4) is 0 Å². The fourth-order valence-electron chi connectivity index (χ4n) is 1.95. The van der Waals surface area contributed by atoms with Gasteiger partial charge in [-0.15, -0.1) is 0 Å². The molecule has 0 heterocycles. The first kappa shape index (κ1) is 11.8. The third-order valence-corrected chi connectivity index (χ3v) is 2.98. The zero-order chi connectivity index (χ0) is 11.5. The lowest BCUT2D eigenvalue weighted by molar-refractivity contribution is 0.00276. The van der Waals surface area contributed by atoms with Gasteiger partial charge in [-0.25, -0.2) is 0 Å². The Hall–Kier alpha value is -1.27. The SMILES string of the molecule is COC1=CC(C)C(CC#N)(OC)C=C1C. The monoisotopic (exact) mass is 207 g/mol. The molecule has 1 aliphatic carbocycles. The normalized spacial score (nSPS) is 30.2. The summed E-state index contributed by atoms with van der Waals surface area (Å²) in [7, 11) is 3.29. The third kappa shape index (κ3) is 2.05. The van der Waals surface area contributed by atoms with E-state index in [9.17, 15) is 0 Å². The quantitative estimate of drug-likeness (QED) is 0.713. The van der Waals surface area contributed by atoms with E-state index in [0.29, 0.717) is 6.42 Å². The van der Waals surface area contributed by atoms with Crippen molar-refractivity contribution in [1.82, 2.24) is 0 Å². The van der Waals surface area contributed by atoms with Crippen LogP contribution in [0.1, 0.15) is 20.3 Å². The van der Waals surface area contributed by atoms with Crippen molar-refractivity contribution in [3.8, 4) is 6.07 Å². The van der Waals surface area contributed by atoms with E-state index in [2.05, 4.69) is 6.07 Å². The minimum Gasteiger partial charge on any atom is -0.497 e. The molecule has 0 saturated carbocycles. The van der Waals surface area contributed by atoms with Gasteiger partial charge in [-0.1, -0.05) is 6.92 Å². The Morgan fingerprint density at radius 1 is 1.53 bits per heavy atom. The number of rotatable bonds is 3. The second-order valence-electron chi connectivity index (χ2n) is 3.85. The predicted octanol–water partition coefficient (Wildman–Crippen LogP) is 2.41. The van der Waals surface area contributed by atoms with E-state index in [1.807, 2.05) is 26.0 Å². The van der Waals surface area contributed by atoms with Crippen LogP contribution in [-0.2, 0) is 9.47 Å². The van der Waals surface area contributed by atoms with Crippen LogP contribution in [0.5, 0.6) is 0 Å². The van der Waals surface area contributed by atoms with Crippen molar-refractivity contribution in [2.75, 3.05) is 14.2 Å². The molecule has 15 heavy (non-hydrogen) atoms. The molecule has 0 aromatic carbocycles. The highest BCUT2D eigenvalue weighted by molar-refractivity contribution is 5.34. The molecule has 0 N–H and O–H groups in total. The first-order chi connectivity index (χ1) is 7.09. The maximum atomic E-state index is 8.83. The van der Waals surface area contributed by atoms with Gasteiger partial charge in [-0.05, 0) is 24.6 Å². The number of methoxy groups -OCH3 is 2. The van der Waals surface area contributed by atoms with Gasteiger partial charge in [-0.3, -0.25) is 0 Å². The minimum absolute atomic E-state index is 0.140. The molecular weight excluding hydrogens is 190 g/mol. The Bertz CT molecular complexity index is 338. The van der Waals surface area contributed by atoms with Gasteiger partial charge in [0.2, 0.25) is 0 Å². The van der Waals surface area contributed by atoms with Crippen LogP contribution in [-0.4, -0.2) is 19.8 Å². The molecule has 3 nitrogen and oxygen atoms in total. The summed E-state index contributed by atoms with van der Waals surface area (Å²) in [6, 6.07) is 2.17. The largest absolute Gasteiger partial charge is 0.497 e. The third-order valence-electron chi connectivity index (χ3n) is 2.98. The Morgan fingerprint density at radius 2 is 2.20 bits per heavy atom. The Kier molecular flexibility index (Phi) is 3.54. The average Bonchev–Trinajstić information content (AvgIpc) is 2.23. The molecule has 0 spiro atoms. The van der Waals surface area contributed by atoms with Gasteiger partial charge >= 0.3 is 0 Å². The molecule has 82 valence electrons. The molecule has 0 aromatic heterocycles. The number of hydrogen-bond donors (Lipinski definition) is 0. The molecule has 2 unspecified atom stereocenters. The van der Waals surface area contributed by atoms with E-state index in [1.54, 1.807) is 14.2 Å². The zero-order valence-electron chi connectivity index (χ0n) is 9.70. The van der Waals surface area contributed by atoms with Crippen LogP contribution >= 0.6 is 0 Å². The predicted molar refractivity (Wildman–Crippen MR) is 58.0 cm³/mol. The molecular formula is C12H17NO2. The fourth-order valence-corrected chi connectivity index (χ4v) is 1.95. The van der Waals surface area contributed by atoms with Crippen molar-refractivity contribution in [2.45, 2.75) is 25.9 Å². The van der Waals surface area contributed by atoms with Gasteiger partial charge in [0, 0.05) is 13.0 Å². The Labute approximate surface area is 91.0 Å². The van der Waals surface area contributed by atoms with Crippen molar-refractivity contribution >= 4 is 0 Å². The highest BCUT2D eigenvalue weighted by atomic mass is 16.5. The zero-order valence-corrected chi connectivity index (χ0v) is 9.70. The molecule has 1 aliphatic rings. The van der Waals surface area contributed by atoms with E-state index in [1.165, 1.54) is 0 Å². The minimum atomic E-state index is -0.499. The van der Waals surface area contributed by atoms with Crippen LogP contribution in [0.2, 0.25) is 0 Å². The summed E-state index contributed by atoms with van der Waals surface area (Å²) in [5.74, 6) is 1.01. The van der Waals surface area contributed by atoms with Crippen molar-refractivity contribution in [1.29, 1.82) is 5.26 Å². The average molecular weight is 207 g/mol. The first-order valence-electron chi connectivity index (χ1n) is 4.97. The summed E-state index contributed by atoms with van der Waals surface area (Å²) in [6.07, 6.45) is 4.35. The van der Waals surface area contributed by atoms with E-state index in [4.69, 9.17) is 14.7 Å². The number of allylic oxidation sites excluding steroid dienone is 1. The molecule has 0 aromatic rings. The second-order valence-corrected chi connectivity index (χ2v) is 3.85. The molecule has 1 rings (SSSR count). The summed E-state index contributed by atoms with van der Waals surface area (Å²) in [5, 5.41) is 8.83. The van der Waals surface area contributed by atoms with Crippen LogP contribution < -0.4 is 0 Å². The van der Waals surface area contributed by atoms with Gasteiger partial charge in [-0.2, -0.15) is 5.26 Å². The standard InChI is InChI=1S/C12H17NO2/c1-9-8-12(15-4,5-6-13)10(2)7-11(9)14-3/h7-8,10H,5H2,1-4H3. The summed E-state index contributed by atoms with van der Waals surface area (Å²) in [4.78, 5) is 0. The highest BCUT2D eigenvalue weighted by Gasteiger charge is 2.36. The van der Waals surface area contributed by atoms with E-state index >= 15 is 0 Å². The molecule has 0 fully saturated rings. The van der Waals surface area contributed by atoms with E-state index in [-0.39, 0.29) is 5.92 Å². The number of nitriles is 1. The highest BCUT2D eigenvalue weighted by Crippen LogP contribution is 2.35. The molecule has 2 atom stereocenters. The molecule has 0 radical (unpaired) electrons. The fraction of sp³-hybridized carbons (Fsp3) is 0.583. The molecule has 0 amide bonds. The maximum Gasteiger partial charge on any atom is 0.117 e. The lowest BCUT2D eigenvalue weighted by Crippen LogP contribution is -2.38. The molecule has 3 heteroatoms. The number of ether oxygens (including phenoxy) is 2. The lowest BCUT2D eigenvalue weighted by Gasteiger charge is -2.35. The first-order valence-corrected chi connectivity index (χ1v) is 4.97. The number of nitrogens with zero attached hydrogens (tertiary/aromatic N) is 1. The molecule has 0 bridgehead atoms. The topological polar surface area (TPSA) is 42.2 Å². The summed E-state index contributed by atoms with van der Waals surface area (Å²) >= 11 is 0. The van der Waals surface area contributed by atoms with Gasteiger partial charge in [0.15, 0.2) is 0 Å². The maximum absolute atomic E-state index is 8.83. The van der Waals surface area contributed by atoms with Crippen LogP contribution in [0.25, 0.3) is 0 Å². The number of hydrogen-bond acceptors (Lipinski definition) is 3. The van der Waals surface area contributed by atoms with Crippen molar-refractivity contribution in [3.05, 3.63) is 23.5 Å². The van der Waals surface area contributed by atoms with Crippen LogP contribution in [0.4, 0.5) is 0 Å². The molecule has 0 saturated heterocycles. The van der Waals surface area contributed by atoms with Gasteiger partial charge in [0.05, 0.1) is 19.6 Å². The van der Waals surface area contributed by atoms with Gasteiger partial charge < -0.3 is 9.47 Å². The Balaban J connectivity index is 3.06. The summed E-state index contributed by atoms with van der Waals surface area (Å²) in [5.41, 5.74) is 0.522. The smallest absolute Gasteiger partial charge is 0.117 e. The summed E-state index contributed by atoms with van der Waals surface area (Å²) < 4.78 is 10.7. The van der Waals surface area contributed by atoms with Crippen molar-refractivity contribution < 1.29 is 9.47 Å². The lowest BCUT2D eigenvalue weighted by atomic mass is 9.80. The van der Waals surface area contributed by atoms with Crippen LogP contribution in [0, 0.1) is 17.2 Å². The Morgan fingerprint density at radius 3 is 2.67 bits per heavy atom. The van der Waals surface area contributed by atoms with Gasteiger partial charge in [0.1, 0.15) is 11.4 Å².